The Balaban J connectivity index is 1.56. The molecular formula is C28H33N3O4S. The van der Waals surface area contributed by atoms with Crippen molar-refractivity contribution in [3.8, 4) is 0 Å². The molecule has 1 atom stereocenters. The maximum atomic E-state index is 13.7. The van der Waals surface area contributed by atoms with Crippen molar-refractivity contribution in [1.82, 2.24) is 9.46 Å². The Morgan fingerprint density at radius 3 is 2.64 bits per heavy atom. The first-order valence-electron chi connectivity index (χ1n) is 12.2. The zero-order chi connectivity index (χ0) is 26.0. The lowest BCUT2D eigenvalue weighted by Gasteiger charge is -2.31. The van der Waals surface area contributed by atoms with Gasteiger partial charge in [-0.1, -0.05) is 47.1 Å². The van der Waals surface area contributed by atoms with E-state index < -0.39 is 15.9 Å². The van der Waals surface area contributed by atoms with Crippen LogP contribution in [0.5, 0.6) is 0 Å². The summed E-state index contributed by atoms with van der Waals surface area (Å²) in [6, 6.07) is 11.9. The molecule has 4 rings (SSSR count). The molecule has 2 heterocycles. The van der Waals surface area contributed by atoms with Gasteiger partial charge in [-0.15, -0.1) is 0 Å². The molecular weight excluding hydrogens is 474 g/mol. The summed E-state index contributed by atoms with van der Waals surface area (Å²) in [5, 5.41) is 6.94. The number of sulfonamides is 1. The molecule has 3 aromatic rings. The van der Waals surface area contributed by atoms with Crippen LogP contribution in [0.25, 0.3) is 12.2 Å². The van der Waals surface area contributed by atoms with Gasteiger partial charge in [-0.25, -0.2) is 8.42 Å². The van der Waals surface area contributed by atoms with Crippen LogP contribution in [-0.2, 0) is 14.8 Å². The highest BCUT2D eigenvalue weighted by Gasteiger charge is 2.37. The second-order valence-corrected chi connectivity index (χ2v) is 11.5. The molecule has 0 radical (unpaired) electrons. The fourth-order valence-corrected chi connectivity index (χ4v) is 6.30. The van der Waals surface area contributed by atoms with Gasteiger partial charge in [0.15, 0.2) is 10.7 Å². The number of anilines is 1. The number of nitrogens with one attached hydrogen (secondary N) is 1. The number of benzene rings is 2. The molecule has 1 N–H and O–H groups in total. The largest absolute Gasteiger partial charge is 0.355 e. The van der Waals surface area contributed by atoms with E-state index in [9.17, 15) is 13.2 Å². The minimum atomic E-state index is -3.91. The number of aromatic nitrogens is 1. The van der Waals surface area contributed by atoms with Crippen molar-refractivity contribution < 1.29 is 17.7 Å². The molecule has 0 spiro atoms. The van der Waals surface area contributed by atoms with Crippen LogP contribution in [0, 0.1) is 40.5 Å². The molecule has 0 aliphatic carbocycles. The van der Waals surface area contributed by atoms with Crippen LogP contribution in [0.1, 0.15) is 52.1 Å². The second kappa shape index (κ2) is 10.4. The average Bonchev–Trinajstić information content (AvgIpc) is 3.23. The van der Waals surface area contributed by atoms with E-state index >= 15 is 0 Å². The van der Waals surface area contributed by atoms with E-state index in [2.05, 4.69) is 10.5 Å². The first-order chi connectivity index (χ1) is 17.1. The minimum Gasteiger partial charge on any atom is -0.355 e. The standard InChI is InChI=1S/C28H33N3O4S/c1-18-11-12-20(3)23(16-18)13-14-26-27(22(5)30-35-26)36(33,34)31-15-7-9-24(17-31)28(32)29-25-10-6-8-19(2)21(25)4/h6,8,10-14,16,24H,7,9,15,17H2,1-5H3,(H,29,32)/b14-13+. The molecule has 1 aliphatic rings. The maximum Gasteiger partial charge on any atom is 0.248 e. The first-order valence-corrected chi connectivity index (χ1v) is 13.6. The number of carbonyl (C=O) groups is 1. The molecule has 1 saturated heterocycles. The Bertz CT molecular complexity index is 1420. The predicted octanol–water partition coefficient (Wildman–Crippen LogP) is 5.43. The van der Waals surface area contributed by atoms with E-state index in [1.165, 1.54) is 4.31 Å². The summed E-state index contributed by atoms with van der Waals surface area (Å²) >= 11 is 0. The van der Waals surface area contributed by atoms with Gasteiger partial charge >= 0.3 is 0 Å². The lowest BCUT2D eigenvalue weighted by molar-refractivity contribution is -0.120. The number of piperidine rings is 1. The molecule has 1 aromatic heterocycles. The monoisotopic (exact) mass is 507 g/mol. The predicted molar refractivity (Wildman–Crippen MR) is 142 cm³/mol. The summed E-state index contributed by atoms with van der Waals surface area (Å²) in [5.41, 5.74) is 6.32. The van der Waals surface area contributed by atoms with Gasteiger partial charge in [0.1, 0.15) is 5.69 Å². The maximum absolute atomic E-state index is 13.7. The molecule has 1 amide bonds. The van der Waals surface area contributed by atoms with E-state index in [-0.39, 0.29) is 23.1 Å². The van der Waals surface area contributed by atoms with Crippen molar-refractivity contribution in [1.29, 1.82) is 0 Å². The summed E-state index contributed by atoms with van der Waals surface area (Å²) in [4.78, 5) is 13.1. The molecule has 190 valence electrons. The van der Waals surface area contributed by atoms with Gasteiger partial charge in [0, 0.05) is 18.8 Å². The Hall–Kier alpha value is -3.23. The average molecular weight is 508 g/mol. The quantitative estimate of drug-likeness (QED) is 0.481. The molecule has 8 heteroatoms. The summed E-state index contributed by atoms with van der Waals surface area (Å²) in [6.45, 7) is 10.1. The van der Waals surface area contributed by atoms with E-state index in [0.717, 1.165) is 33.5 Å². The Labute approximate surface area is 213 Å². The van der Waals surface area contributed by atoms with E-state index in [1.54, 1.807) is 13.0 Å². The summed E-state index contributed by atoms with van der Waals surface area (Å²) in [6.07, 6.45) is 4.73. The fraction of sp³-hybridized carbons (Fsp3) is 0.357. The van der Waals surface area contributed by atoms with Crippen molar-refractivity contribution in [2.24, 2.45) is 5.92 Å². The number of hydrogen-bond acceptors (Lipinski definition) is 5. The van der Waals surface area contributed by atoms with Gasteiger partial charge in [-0.05, 0) is 81.9 Å². The van der Waals surface area contributed by atoms with E-state index in [4.69, 9.17) is 4.52 Å². The van der Waals surface area contributed by atoms with Crippen molar-refractivity contribution in [3.05, 3.63) is 75.7 Å². The number of carbonyl (C=O) groups excluding carboxylic acids is 1. The van der Waals surface area contributed by atoms with Crippen molar-refractivity contribution in [2.45, 2.75) is 52.4 Å². The van der Waals surface area contributed by atoms with Crippen LogP contribution in [0.4, 0.5) is 5.69 Å². The highest BCUT2D eigenvalue weighted by atomic mass is 32.2. The van der Waals surface area contributed by atoms with Gasteiger partial charge in [0.05, 0.1) is 5.92 Å². The SMILES string of the molecule is Cc1ccc(C)c(/C=C/c2onc(C)c2S(=O)(=O)N2CCCC(C(=O)Nc3cccc(C)c3C)C2)c1. The Morgan fingerprint density at radius 2 is 1.86 bits per heavy atom. The van der Waals surface area contributed by atoms with E-state index in [1.807, 2.05) is 70.2 Å². The highest BCUT2D eigenvalue weighted by molar-refractivity contribution is 7.89. The van der Waals surface area contributed by atoms with Crippen LogP contribution in [-0.4, -0.2) is 36.9 Å². The van der Waals surface area contributed by atoms with Gasteiger partial charge in [-0.3, -0.25) is 4.79 Å². The first kappa shape index (κ1) is 25.9. The lowest BCUT2D eigenvalue weighted by atomic mass is 9.98. The van der Waals surface area contributed by atoms with Gasteiger partial charge < -0.3 is 9.84 Å². The smallest absolute Gasteiger partial charge is 0.248 e. The lowest BCUT2D eigenvalue weighted by Crippen LogP contribution is -2.44. The Kier molecular flexibility index (Phi) is 7.47. The topological polar surface area (TPSA) is 92.5 Å². The third kappa shape index (κ3) is 5.29. The highest BCUT2D eigenvalue weighted by Crippen LogP contribution is 2.30. The number of amides is 1. The molecule has 36 heavy (non-hydrogen) atoms. The molecule has 2 aromatic carbocycles. The number of nitrogens with zero attached hydrogens (tertiary/aromatic N) is 2. The molecule has 0 saturated carbocycles. The van der Waals surface area contributed by atoms with Crippen LogP contribution < -0.4 is 5.32 Å². The Morgan fingerprint density at radius 1 is 1.08 bits per heavy atom. The van der Waals surface area contributed by atoms with Crippen LogP contribution in [0.15, 0.2) is 45.8 Å². The molecule has 1 unspecified atom stereocenters. The zero-order valence-corrected chi connectivity index (χ0v) is 22.3. The summed E-state index contributed by atoms with van der Waals surface area (Å²) in [5.74, 6) is -0.418. The second-order valence-electron chi connectivity index (χ2n) is 9.59. The number of hydrogen-bond donors (Lipinski definition) is 1. The van der Waals surface area contributed by atoms with Gasteiger partial charge in [0.25, 0.3) is 0 Å². The van der Waals surface area contributed by atoms with Crippen molar-refractivity contribution in [2.75, 3.05) is 18.4 Å². The van der Waals surface area contributed by atoms with Crippen LogP contribution in [0.2, 0.25) is 0 Å². The molecule has 1 fully saturated rings. The van der Waals surface area contributed by atoms with Gasteiger partial charge in [0.2, 0.25) is 15.9 Å². The van der Waals surface area contributed by atoms with Crippen molar-refractivity contribution >= 4 is 33.8 Å². The third-order valence-electron chi connectivity index (χ3n) is 6.90. The van der Waals surface area contributed by atoms with Crippen LogP contribution >= 0.6 is 0 Å². The molecule has 0 bridgehead atoms. The normalized spacial score (nSPS) is 17.0. The van der Waals surface area contributed by atoms with E-state index in [0.29, 0.717) is 25.1 Å². The van der Waals surface area contributed by atoms with Crippen LogP contribution in [0.3, 0.4) is 0 Å². The minimum absolute atomic E-state index is 0.0552. The van der Waals surface area contributed by atoms with Gasteiger partial charge in [-0.2, -0.15) is 4.31 Å². The fourth-order valence-electron chi connectivity index (χ4n) is 4.53. The number of rotatable bonds is 6. The summed E-state index contributed by atoms with van der Waals surface area (Å²) in [7, 11) is -3.91. The number of aryl methyl sites for hydroxylation is 4. The third-order valence-corrected chi connectivity index (χ3v) is 8.92. The zero-order valence-electron chi connectivity index (χ0n) is 21.5. The molecule has 7 nitrogen and oxygen atoms in total. The molecule has 1 aliphatic heterocycles. The summed E-state index contributed by atoms with van der Waals surface area (Å²) < 4.78 is 34.2. The van der Waals surface area contributed by atoms with Crippen molar-refractivity contribution in [3.63, 3.8) is 0 Å².